The molecular formula is C28H24N4O3. The summed E-state index contributed by atoms with van der Waals surface area (Å²) in [6, 6.07) is 22.6. The lowest BCUT2D eigenvalue weighted by atomic mass is 9.99. The Kier molecular flexibility index (Phi) is 4.51. The van der Waals surface area contributed by atoms with Crippen molar-refractivity contribution in [1.29, 1.82) is 0 Å². The van der Waals surface area contributed by atoms with Crippen LogP contribution in [0.25, 0.3) is 27.8 Å². The number of phenols is 1. The normalized spacial score (nSPS) is 14.4. The highest BCUT2D eigenvalue weighted by molar-refractivity contribution is 5.99. The first kappa shape index (κ1) is 21.0. The number of anilines is 1. The first-order valence-corrected chi connectivity index (χ1v) is 11.4. The largest absolute Gasteiger partial charge is 0.508 e. The van der Waals surface area contributed by atoms with Crippen LogP contribution in [-0.4, -0.2) is 18.8 Å². The summed E-state index contributed by atoms with van der Waals surface area (Å²) < 4.78 is 4.86. The average Bonchev–Trinajstić information content (AvgIpc) is 3.23. The van der Waals surface area contributed by atoms with Gasteiger partial charge in [0.15, 0.2) is 0 Å². The Bertz CT molecular complexity index is 1760. The van der Waals surface area contributed by atoms with Crippen molar-refractivity contribution in [2.24, 2.45) is 14.1 Å². The van der Waals surface area contributed by atoms with Gasteiger partial charge in [-0.1, -0.05) is 48.5 Å². The minimum atomic E-state index is -0.379. The van der Waals surface area contributed by atoms with E-state index >= 15 is 0 Å². The van der Waals surface area contributed by atoms with Gasteiger partial charge in [-0.15, -0.1) is 0 Å². The second-order valence-electron chi connectivity index (χ2n) is 9.00. The van der Waals surface area contributed by atoms with Crippen molar-refractivity contribution in [2.75, 3.05) is 5.32 Å². The smallest absolute Gasteiger partial charge is 0.331 e. The van der Waals surface area contributed by atoms with E-state index in [1.165, 1.54) is 11.6 Å². The van der Waals surface area contributed by atoms with Crippen molar-refractivity contribution in [3.05, 3.63) is 110 Å². The van der Waals surface area contributed by atoms with Gasteiger partial charge in [0.1, 0.15) is 5.75 Å². The summed E-state index contributed by atoms with van der Waals surface area (Å²) in [6.45, 7) is 2.03. The molecule has 6 rings (SSSR count). The first-order valence-electron chi connectivity index (χ1n) is 11.4. The topological polar surface area (TPSA) is 81.2 Å². The van der Waals surface area contributed by atoms with Crippen LogP contribution in [0.2, 0.25) is 0 Å². The maximum Gasteiger partial charge on any atom is 0.331 e. The quantitative estimate of drug-likeness (QED) is 0.410. The molecule has 0 saturated heterocycles. The Labute approximate surface area is 201 Å². The van der Waals surface area contributed by atoms with Crippen molar-refractivity contribution < 1.29 is 5.11 Å². The summed E-state index contributed by atoms with van der Waals surface area (Å²) >= 11 is 0. The lowest BCUT2D eigenvalue weighted by molar-refractivity contribution is 0.475. The van der Waals surface area contributed by atoms with E-state index in [0.29, 0.717) is 10.9 Å². The number of rotatable bonds is 2. The summed E-state index contributed by atoms with van der Waals surface area (Å²) in [4.78, 5) is 26.8. The van der Waals surface area contributed by atoms with Crippen LogP contribution in [0.15, 0.2) is 82.4 Å². The van der Waals surface area contributed by atoms with Crippen LogP contribution in [0.1, 0.15) is 22.9 Å². The Hall–Kier alpha value is -4.52. The lowest BCUT2D eigenvalue weighted by Gasteiger charge is -2.31. The molecule has 3 aromatic carbocycles. The molecule has 174 valence electrons. The third-order valence-corrected chi connectivity index (χ3v) is 6.95. The fraction of sp³-hybridized carbons (Fsp3) is 0.143. The highest BCUT2D eigenvalue weighted by atomic mass is 16.3. The molecule has 5 aromatic rings. The van der Waals surface area contributed by atoms with Gasteiger partial charge in [0.2, 0.25) is 0 Å². The molecule has 2 N–H and O–H groups in total. The fourth-order valence-corrected chi connectivity index (χ4v) is 5.23. The fourth-order valence-electron chi connectivity index (χ4n) is 5.23. The summed E-state index contributed by atoms with van der Waals surface area (Å²) in [5, 5.41) is 14.0. The molecule has 1 aliphatic heterocycles. The van der Waals surface area contributed by atoms with Crippen molar-refractivity contribution >= 4 is 16.6 Å². The molecule has 0 spiro atoms. The van der Waals surface area contributed by atoms with Crippen LogP contribution in [0.3, 0.4) is 0 Å². The number of nitrogens with zero attached hydrogens (tertiary/aromatic N) is 3. The Balaban J connectivity index is 1.88. The number of nitrogens with one attached hydrogen (secondary N) is 1. The zero-order valence-electron chi connectivity index (χ0n) is 19.6. The van der Waals surface area contributed by atoms with Crippen LogP contribution in [0.5, 0.6) is 5.75 Å². The molecule has 7 nitrogen and oxygen atoms in total. The van der Waals surface area contributed by atoms with E-state index in [1.807, 2.05) is 67.6 Å². The number of aryl methyl sites for hydroxylation is 2. The van der Waals surface area contributed by atoms with E-state index in [1.54, 1.807) is 23.7 Å². The maximum absolute atomic E-state index is 13.7. The highest BCUT2D eigenvalue weighted by Gasteiger charge is 2.34. The van der Waals surface area contributed by atoms with Crippen LogP contribution in [0, 0.1) is 6.92 Å². The third-order valence-electron chi connectivity index (χ3n) is 6.95. The minimum Gasteiger partial charge on any atom is -0.508 e. The van der Waals surface area contributed by atoms with Gasteiger partial charge in [-0.25, -0.2) is 4.79 Å². The molecule has 0 aliphatic carbocycles. The van der Waals surface area contributed by atoms with E-state index in [2.05, 4.69) is 9.88 Å². The Morgan fingerprint density at radius 1 is 0.857 bits per heavy atom. The molecule has 0 fully saturated rings. The van der Waals surface area contributed by atoms with E-state index in [-0.39, 0.29) is 23.0 Å². The molecule has 1 atom stereocenters. The standard InChI is InChI=1S/C28H24N4O3/c1-16-8-4-5-9-19(16)24-22-25(30(2)28(35)31(3)27(22)34)26-23(17-12-14-18(33)15-13-17)29-20-10-6-7-11-21(20)32(24)26/h4-15,23,29,33H,1-3H3/t23-/m1/s1. The van der Waals surface area contributed by atoms with Gasteiger partial charge in [0, 0.05) is 19.7 Å². The second-order valence-corrected chi connectivity index (χ2v) is 9.00. The molecule has 0 radical (unpaired) electrons. The average molecular weight is 465 g/mol. The predicted octanol–water partition coefficient (Wildman–Crippen LogP) is 4.22. The van der Waals surface area contributed by atoms with Gasteiger partial charge in [0.05, 0.1) is 39.7 Å². The van der Waals surface area contributed by atoms with Crippen LogP contribution >= 0.6 is 0 Å². The Morgan fingerprint density at radius 3 is 2.29 bits per heavy atom. The van der Waals surface area contributed by atoms with E-state index < -0.39 is 0 Å². The Morgan fingerprint density at radius 2 is 1.54 bits per heavy atom. The number of benzene rings is 3. The number of phenolic OH excluding ortho intramolecular Hbond substituents is 1. The number of fused-ring (bicyclic) bond motifs is 5. The number of aromatic nitrogens is 3. The molecule has 2 aromatic heterocycles. The van der Waals surface area contributed by atoms with Gasteiger partial charge in [0.25, 0.3) is 5.56 Å². The molecular weight excluding hydrogens is 440 g/mol. The molecule has 1 aliphatic rings. The monoisotopic (exact) mass is 464 g/mol. The predicted molar refractivity (Wildman–Crippen MR) is 138 cm³/mol. The number of aromatic hydroxyl groups is 1. The van der Waals surface area contributed by atoms with Crippen LogP contribution < -0.4 is 16.6 Å². The maximum atomic E-state index is 13.7. The third kappa shape index (κ3) is 2.91. The van der Waals surface area contributed by atoms with Gasteiger partial charge in [-0.3, -0.25) is 13.9 Å². The molecule has 0 unspecified atom stereocenters. The molecule has 3 heterocycles. The van der Waals surface area contributed by atoms with E-state index in [0.717, 1.165) is 39.5 Å². The molecule has 0 saturated carbocycles. The SMILES string of the molecule is Cc1ccccc1-c1c2c(=O)n(C)c(=O)n(C)c2c2n1-c1ccccc1N[C@@H]2c1ccc(O)cc1. The number of hydrogen-bond acceptors (Lipinski definition) is 4. The zero-order valence-corrected chi connectivity index (χ0v) is 19.6. The lowest BCUT2D eigenvalue weighted by Crippen LogP contribution is -2.37. The van der Waals surface area contributed by atoms with Gasteiger partial charge in [-0.05, 0) is 42.3 Å². The number of para-hydroxylation sites is 2. The van der Waals surface area contributed by atoms with Crippen molar-refractivity contribution in [2.45, 2.75) is 13.0 Å². The minimum absolute atomic E-state index is 0.173. The summed E-state index contributed by atoms with van der Waals surface area (Å²) in [5.41, 5.74) is 6.14. The van der Waals surface area contributed by atoms with Crippen LogP contribution in [-0.2, 0) is 14.1 Å². The summed E-state index contributed by atoms with van der Waals surface area (Å²) in [6.07, 6.45) is 0. The zero-order chi connectivity index (χ0) is 24.4. The van der Waals surface area contributed by atoms with Crippen molar-refractivity contribution in [1.82, 2.24) is 13.7 Å². The summed E-state index contributed by atoms with van der Waals surface area (Å²) in [5.74, 6) is 0.173. The van der Waals surface area contributed by atoms with Gasteiger partial charge < -0.3 is 15.0 Å². The van der Waals surface area contributed by atoms with Crippen molar-refractivity contribution in [3.63, 3.8) is 0 Å². The van der Waals surface area contributed by atoms with Crippen LogP contribution in [0.4, 0.5) is 5.69 Å². The van der Waals surface area contributed by atoms with Gasteiger partial charge >= 0.3 is 5.69 Å². The molecule has 0 amide bonds. The van der Waals surface area contributed by atoms with Crippen molar-refractivity contribution in [3.8, 4) is 22.7 Å². The van der Waals surface area contributed by atoms with E-state index in [9.17, 15) is 14.7 Å². The van der Waals surface area contributed by atoms with E-state index in [4.69, 9.17) is 0 Å². The number of hydrogen-bond donors (Lipinski definition) is 2. The van der Waals surface area contributed by atoms with Gasteiger partial charge in [-0.2, -0.15) is 0 Å². The molecule has 35 heavy (non-hydrogen) atoms. The summed E-state index contributed by atoms with van der Waals surface area (Å²) in [7, 11) is 3.23. The molecule has 7 heteroatoms. The second kappa shape index (κ2) is 7.50. The first-order chi connectivity index (χ1) is 16.9. The highest BCUT2D eigenvalue weighted by Crippen LogP contribution is 2.45. The molecule has 0 bridgehead atoms.